The molecule has 1 aromatic carbocycles. The third kappa shape index (κ3) is 2.11. The lowest BCUT2D eigenvalue weighted by Crippen LogP contribution is -1.91. The summed E-state index contributed by atoms with van der Waals surface area (Å²) in [5.74, 6) is 2.73. The van der Waals surface area contributed by atoms with Crippen LogP contribution >= 0.6 is 11.3 Å². The minimum absolute atomic E-state index is 0.940. The van der Waals surface area contributed by atoms with Gasteiger partial charge >= 0.3 is 0 Å². The average Bonchev–Trinajstić information content (AvgIpc) is 2.69. The van der Waals surface area contributed by atoms with Gasteiger partial charge in [0.05, 0.1) is 4.88 Å². The molecule has 0 nitrogen and oxygen atoms in total. The molecule has 1 heteroatoms. The summed E-state index contributed by atoms with van der Waals surface area (Å²) in [4.78, 5) is 1.05. The van der Waals surface area contributed by atoms with Crippen molar-refractivity contribution in [3.63, 3.8) is 0 Å². The molecule has 0 aliphatic heterocycles. The van der Waals surface area contributed by atoms with Crippen molar-refractivity contribution in [1.82, 2.24) is 0 Å². The van der Waals surface area contributed by atoms with Gasteiger partial charge < -0.3 is 0 Å². The fraction of sp³-hybridized carbons (Fsp3) is 0.143. The fourth-order valence-corrected chi connectivity index (χ4v) is 2.34. The van der Waals surface area contributed by atoms with Crippen molar-refractivity contribution >= 4 is 11.3 Å². The standard InChI is InChI=1S/C14H12S/c1-3-14-13(8-9-15-14)10-12-7-5-4-6-11(12)2/h1,4-9H,10H2,2H3. The SMILES string of the molecule is C#Cc1sccc1Cc1ccccc1C. The molecule has 0 saturated carbocycles. The van der Waals surface area contributed by atoms with E-state index in [2.05, 4.69) is 48.6 Å². The first kappa shape index (κ1) is 10.0. The van der Waals surface area contributed by atoms with Crippen LogP contribution in [0.25, 0.3) is 0 Å². The third-order valence-electron chi connectivity index (χ3n) is 2.52. The molecule has 74 valence electrons. The highest BCUT2D eigenvalue weighted by atomic mass is 32.1. The zero-order valence-electron chi connectivity index (χ0n) is 8.66. The fourth-order valence-electron chi connectivity index (χ4n) is 1.62. The summed E-state index contributed by atoms with van der Waals surface area (Å²) in [5.41, 5.74) is 3.94. The predicted molar refractivity (Wildman–Crippen MR) is 66.2 cm³/mol. The molecule has 0 fully saturated rings. The topological polar surface area (TPSA) is 0 Å². The van der Waals surface area contributed by atoms with Gasteiger partial charge in [-0.1, -0.05) is 30.2 Å². The van der Waals surface area contributed by atoms with Gasteiger partial charge in [-0.05, 0) is 41.5 Å². The van der Waals surface area contributed by atoms with Crippen LogP contribution in [0.4, 0.5) is 0 Å². The van der Waals surface area contributed by atoms with E-state index in [1.165, 1.54) is 16.7 Å². The van der Waals surface area contributed by atoms with E-state index >= 15 is 0 Å². The maximum Gasteiger partial charge on any atom is 0.0801 e. The van der Waals surface area contributed by atoms with E-state index in [4.69, 9.17) is 6.42 Å². The third-order valence-corrected chi connectivity index (χ3v) is 3.41. The second kappa shape index (κ2) is 4.33. The van der Waals surface area contributed by atoms with Crippen molar-refractivity contribution in [2.24, 2.45) is 0 Å². The summed E-state index contributed by atoms with van der Waals surface area (Å²) in [6, 6.07) is 10.6. The minimum Gasteiger partial charge on any atom is -0.135 e. The Hall–Kier alpha value is -1.52. The van der Waals surface area contributed by atoms with Gasteiger partial charge in [0.2, 0.25) is 0 Å². The molecule has 2 rings (SSSR count). The van der Waals surface area contributed by atoms with Crippen LogP contribution in [-0.4, -0.2) is 0 Å². The number of terminal acetylenes is 1. The van der Waals surface area contributed by atoms with Crippen LogP contribution in [0, 0.1) is 19.3 Å². The van der Waals surface area contributed by atoms with E-state index < -0.39 is 0 Å². The van der Waals surface area contributed by atoms with Crippen LogP contribution < -0.4 is 0 Å². The number of hydrogen-bond acceptors (Lipinski definition) is 1. The second-order valence-electron chi connectivity index (χ2n) is 3.52. The lowest BCUT2D eigenvalue weighted by Gasteiger charge is -2.04. The first-order valence-corrected chi connectivity index (χ1v) is 5.76. The highest BCUT2D eigenvalue weighted by molar-refractivity contribution is 7.10. The number of aryl methyl sites for hydroxylation is 1. The van der Waals surface area contributed by atoms with E-state index in [0.29, 0.717) is 0 Å². The molecule has 0 N–H and O–H groups in total. The zero-order chi connectivity index (χ0) is 10.7. The van der Waals surface area contributed by atoms with Crippen LogP contribution in [0.5, 0.6) is 0 Å². The van der Waals surface area contributed by atoms with Crippen LogP contribution in [-0.2, 0) is 6.42 Å². The van der Waals surface area contributed by atoms with Crippen molar-refractivity contribution in [2.75, 3.05) is 0 Å². The largest absolute Gasteiger partial charge is 0.135 e. The Bertz CT molecular complexity index is 500. The van der Waals surface area contributed by atoms with Crippen LogP contribution in [0.3, 0.4) is 0 Å². The average molecular weight is 212 g/mol. The van der Waals surface area contributed by atoms with Crippen molar-refractivity contribution in [1.29, 1.82) is 0 Å². The summed E-state index contributed by atoms with van der Waals surface area (Å²) in [6.45, 7) is 2.14. The molecular formula is C14H12S. The molecule has 0 aliphatic rings. The lowest BCUT2D eigenvalue weighted by atomic mass is 10.0. The maximum absolute atomic E-state index is 5.45. The first-order chi connectivity index (χ1) is 7.31. The number of thiophene rings is 1. The Labute approximate surface area is 94.6 Å². The van der Waals surface area contributed by atoms with Gasteiger partial charge in [-0.15, -0.1) is 17.8 Å². The number of benzene rings is 1. The van der Waals surface area contributed by atoms with E-state index in [-0.39, 0.29) is 0 Å². The van der Waals surface area contributed by atoms with Crippen LogP contribution in [0.1, 0.15) is 21.6 Å². The summed E-state index contributed by atoms with van der Waals surface area (Å²) in [7, 11) is 0. The second-order valence-corrected chi connectivity index (χ2v) is 4.44. The zero-order valence-corrected chi connectivity index (χ0v) is 9.47. The Morgan fingerprint density at radius 2 is 2.00 bits per heavy atom. The van der Waals surface area contributed by atoms with Gasteiger partial charge in [0.15, 0.2) is 0 Å². The molecule has 0 radical (unpaired) electrons. The highest BCUT2D eigenvalue weighted by Crippen LogP contribution is 2.20. The van der Waals surface area contributed by atoms with Gasteiger partial charge in [0, 0.05) is 0 Å². The first-order valence-electron chi connectivity index (χ1n) is 4.88. The molecular weight excluding hydrogens is 200 g/mol. The minimum atomic E-state index is 0.940. The van der Waals surface area contributed by atoms with Gasteiger partial charge in [-0.25, -0.2) is 0 Å². The van der Waals surface area contributed by atoms with Gasteiger partial charge in [-0.2, -0.15) is 0 Å². The number of rotatable bonds is 2. The van der Waals surface area contributed by atoms with E-state index in [0.717, 1.165) is 11.3 Å². The molecule has 0 spiro atoms. The van der Waals surface area contributed by atoms with E-state index in [1.807, 2.05) is 0 Å². The van der Waals surface area contributed by atoms with Gasteiger partial charge in [0.1, 0.15) is 0 Å². The summed E-state index contributed by atoms with van der Waals surface area (Å²) in [5, 5.41) is 2.06. The van der Waals surface area contributed by atoms with E-state index in [9.17, 15) is 0 Å². The Morgan fingerprint density at radius 3 is 2.73 bits per heavy atom. The van der Waals surface area contributed by atoms with Crippen LogP contribution in [0.15, 0.2) is 35.7 Å². The Balaban J connectivity index is 2.31. The molecule has 1 aromatic heterocycles. The molecule has 0 unspecified atom stereocenters. The van der Waals surface area contributed by atoms with Gasteiger partial charge in [0.25, 0.3) is 0 Å². The van der Waals surface area contributed by atoms with Crippen molar-refractivity contribution < 1.29 is 0 Å². The maximum atomic E-state index is 5.45. The molecule has 0 bridgehead atoms. The Morgan fingerprint density at radius 1 is 1.20 bits per heavy atom. The Kier molecular flexibility index (Phi) is 2.89. The van der Waals surface area contributed by atoms with Crippen molar-refractivity contribution in [3.8, 4) is 12.3 Å². The normalized spacial score (nSPS) is 9.87. The van der Waals surface area contributed by atoms with E-state index in [1.54, 1.807) is 11.3 Å². The predicted octanol–water partition coefficient (Wildman–Crippen LogP) is 3.63. The molecule has 0 aliphatic carbocycles. The quantitative estimate of drug-likeness (QED) is 0.667. The summed E-state index contributed by atoms with van der Waals surface area (Å²) in [6.07, 6.45) is 6.39. The lowest BCUT2D eigenvalue weighted by molar-refractivity contribution is 1.16. The molecule has 0 saturated heterocycles. The van der Waals surface area contributed by atoms with Crippen LogP contribution in [0.2, 0.25) is 0 Å². The monoisotopic (exact) mass is 212 g/mol. The molecule has 15 heavy (non-hydrogen) atoms. The summed E-state index contributed by atoms with van der Waals surface area (Å²) < 4.78 is 0. The molecule has 1 heterocycles. The molecule has 0 atom stereocenters. The highest BCUT2D eigenvalue weighted by Gasteiger charge is 2.04. The number of hydrogen-bond donors (Lipinski definition) is 0. The molecule has 2 aromatic rings. The van der Waals surface area contributed by atoms with Crippen molar-refractivity contribution in [2.45, 2.75) is 13.3 Å². The van der Waals surface area contributed by atoms with Crippen molar-refractivity contribution in [3.05, 3.63) is 57.3 Å². The van der Waals surface area contributed by atoms with Gasteiger partial charge in [-0.3, -0.25) is 0 Å². The smallest absolute Gasteiger partial charge is 0.0801 e. The molecule has 0 amide bonds. The summed E-state index contributed by atoms with van der Waals surface area (Å²) >= 11 is 1.64.